The summed E-state index contributed by atoms with van der Waals surface area (Å²) in [5.41, 5.74) is 2.86. The zero-order valence-electron chi connectivity index (χ0n) is 19.5. The first-order valence-corrected chi connectivity index (χ1v) is 12.7. The van der Waals surface area contributed by atoms with Crippen molar-refractivity contribution in [1.82, 2.24) is 0 Å². The zero-order chi connectivity index (χ0) is 21.3. The third kappa shape index (κ3) is 10.1. The summed E-state index contributed by atoms with van der Waals surface area (Å²) >= 11 is 0. The van der Waals surface area contributed by atoms with Gasteiger partial charge in [-0.2, -0.15) is 35.9 Å². The Morgan fingerprint density at radius 3 is 1.97 bits per heavy atom. The molecule has 0 amide bonds. The molecule has 160 valence electrons. The molecule has 2 atom stereocenters. The second kappa shape index (κ2) is 16.3. The van der Waals surface area contributed by atoms with Crippen LogP contribution >= 0.6 is 0 Å². The summed E-state index contributed by atoms with van der Waals surface area (Å²) in [4.78, 5) is 10.0. The molecule has 1 aliphatic heterocycles. The van der Waals surface area contributed by atoms with E-state index in [2.05, 4.69) is 50.3 Å². The third-order valence-electron chi connectivity index (χ3n) is 4.63. The van der Waals surface area contributed by atoms with Gasteiger partial charge in [-0.15, -0.1) is 6.10 Å². The molecule has 32 heavy (non-hydrogen) atoms. The molecule has 1 heterocycles. The van der Waals surface area contributed by atoms with Crippen molar-refractivity contribution >= 4 is 19.8 Å². The van der Waals surface area contributed by atoms with Gasteiger partial charge in [0.25, 0.3) is 0 Å². The van der Waals surface area contributed by atoms with E-state index >= 15 is 0 Å². The smallest absolute Gasteiger partial charge is 0.850 e. The van der Waals surface area contributed by atoms with Gasteiger partial charge in [-0.05, 0) is 30.8 Å². The van der Waals surface area contributed by atoms with Gasteiger partial charge in [0, 0.05) is 5.56 Å². The fourth-order valence-electron chi connectivity index (χ4n) is 3.16. The molecule has 3 aromatic carbocycles. The van der Waals surface area contributed by atoms with Crippen LogP contribution in [0.2, 0.25) is 13.1 Å². The number of fused-ring (bicyclic) bond motifs is 1. The van der Waals surface area contributed by atoms with Gasteiger partial charge in [0.1, 0.15) is 6.29 Å². The molecule has 0 bridgehead atoms. The predicted molar refractivity (Wildman–Crippen MR) is 125 cm³/mol. The Morgan fingerprint density at radius 1 is 0.969 bits per heavy atom. The molecule has 6 heteroatoms. The summed E-state index contributed by atoms with van der Waals surface area (Å²) in [6.07, 6.45) is 0.495. The van der Waals surface area contributed by atoms with Crippen LogP contribution in [0, 0.1) is 6.07 Å². The maximum Gasteiger partial charge on any atom is 1.00 e. The Bertz CT molecular complexity index is 888. The van der Waals surface area contributed by atoms with Crippen molar-refractivity contribution in [1.29, 1.82) is 0 Å². The second-order valence-corrected chi connectivity index (χ2v) is 11.1. The van der Waals surface area contributed by atoms with Crippen LogP contribution < -0.4 is 48.0 Å². The Morgan fingerprint density at radius 2 is 1.53 bits per heavy atom. The summed E-state index contributed by atoms with van der Waals surface area (Å²) in [5, 5.41) is 12.2. The van der Waals surface area contributed by atoms with Crippen molar-refractivity contribution in [2.45, 2.75) is 46.6 Å². The summed E-state index contributed by atoms with van der Waals surface area (Å²) < 4.78 is 5.96. The molecule has 0 saturated carbocycles. The zero-order valence-corrected chi connectivity index (χ0v) is 20.5. The Kier molecular flexibility index (Phi) is 16.7. The van der Waals surface area contributed by atoms with Crippen LogP contribution in [0.1, 0.15) is 55.0 Å². The Hall–Kier alpha value is -1.34. The molecule has 2 unspecified atom stereocenters. The van der Waals surface area contributed by atoms with Crippen LogP contribution in [0.4, 0.5) is 0 Å². The number of carbonyl (C=O) groups excluding carboxylic acids is 1. The molecule has 0 aromatic heterocycles. The molecule has 0 saturated heterocycles. The molecule has 1 aliphatic rings. The molecule has 0 N–H and O–H groups in total. The summed E-state index contributed by atoms with van der Waals surface area (Å²) in [6.45, 7) is 8.27. The summed E-state index contributed by atoms with van der Waals surface area (Å²) in [7, 11) is -1.52. The third-order valence-corrected chi connectivity index (χ3v) is 7.32. The van der Waals surface area contributed by atoms with Crippen molar-refractivity contribution in [3.05, 3.63) is 102 Å². The monoisotopic (exact) mass is 434 g/mol. The first-order valence-electron chi connectivity index (χ1n) is 9.75. The molecule has 4 rings (SSSR count). The molecule has 0 spiro atoms. The molecular formula is C26H32Li2O3Si. The van der Waals surface area contributed by atoms with E-state index in [1.165, 1.54) is 10.8 Å². The van der Waals surface area contributed by atoms with Crippen molar-refractivity contribution in [2.75, 3.05) is 0 Å². The first kappa shape index (κ1) is 32.8. The Labute approximate surface area is 219 Å². The van der Waals surface area contributed by atoms with E-state index in [1.54, 1.807) is 31.2 Å². The van der Waals surface area contributed by atoms with Crippen LogP contribution in [-0.2, 0) is 4.43 Å². The fraction of sp³-hybridized carbons (Fsp3) is 0.269. The van der Waals surface area contributed by atoms with Gasteiger partial charge in [0.2, 0.25) is 8.32 Å². The van der Waals surface area contributed by atoms with Gasteiger partial charge in [-0.3, -0.25) is 4.79 Å². The molecule has 0 fully saturated rings. The predicted octanol–water partition coefficient (Wildman–Crippen LogP) is -0.759. The van der Waals surface area contributed by atoms with Gasteiger partial charge in [-0.25, -0.2) is 0 Å². The van der Waals surface area contributed by atoms with Crippen LogP contribution in [0.15, 0.2) is 78.9 Å². The number of hydrogen-bond acceptors (Lipinski definition) is 3. The average molecular weight is 435 g/mol. The fourth-order valence-corrected chi connectivity index (χ4v) is 5.78. The van der Waals surface area contributed by atoms with E-state index in [4.69, 9.17) is 4.43 Å². The molecule has 3 aromatic rings. The standard InChI is InChI=1S/C10H14OSi.C8H8O.C7H6O.CH4.2Li/c1-8-9-6-4-5-7-10(9)12(2,3)11-8;1-7(9)8-5-3-2-4-6-8;8-6-7-4-2-1-3-5-7;;;/h4-8H,1-3H3;2-5,7H,1H3;1-6H;1H4;;/q;-2;;;2*+1. The second-order valence-electron chi connectivity index (χ2n) is 7.35. The first-order chi connectivity index (χ1) is 13.8. The number of aldehydes is 1. The molecular weight excluding hydrogens is 402 g/mol. The van der Waals surface area contributed by atoms with Crippen LogP contribution in [-0.4, -0.2) is 14.6 Å². The van der Waals surface area contributed by atoms with E-state index in [9.17, 15) is 9.90 Å². The van der Waals surface area contributed by atoms with Crippen LogP contribution in [0.25, 0.3) is 0 Å². The average Bonchev–Trinajstić information content (AvgIpc) is 2.99. The Balaban J connectivity index is 0. The van der Waals surface area contributed by atoms with E-state index in [0.29, 0.717) is 6.10 Å². The SMILES string of the molecule is C.CC([O-])c1[c-]cccc1.CC1O[Si](C)(C)c2ccccc21.O=Cc1ccccc1.[Li+].[Li+]. The van der Waals surface area contributed by atoms with Gasteiger partial charge < -0.3 is 9.53 Å². The van der Waals surface area contributed by atoms with Crippen LogP contribution in [0.3, 0.4) is 0 Å². The van der Waals surface area contributed by atoms with Gasteiger partial charge in [-0.1, -0.05) is 68.9 Å². The molecule has 0 radical (unpaired) electrons. The van der Waals surface area contributed by atoms with E-state index < -0.39 is 14.4 Å². The van der Waals surface area contributed by atoms with E-state index in [-0.39, 0.29) is 45.1 Å². The maximum absolute atomic E-state index is 10.7. The van der Waals surface area contributed by atoms with Crippen molar-refractivity contribution in [2.24, 2.45) is 0 Å². The quantitative estimate of drug-likeness (QED) is 0.303. The van der Waals surface area contributed by atoms with E-state index in [1.807, 2.05) is 30.3 Å². The topological polar surface area (TPSA) is 49.4 Å². The van der Waals surface area contributed by atoms with Crippen molar-refractivity contribution in [3.63, 3.8) is 0 Å². The number of benzene rings is 3. The molecule has 3 nitrogen and oxygen atoms in total. The van der Waals surface area contributed by atoms with Gasteiger partial charge in [0.15, 0.2) is 0 Å². The minimum absolute atomic E-state index is 0. The summed E-state index contributed by atoms with van der Waals surface area (Å²) in [6, 6.07) is 27.8. The number of rotatable bonds is 2. The minimum atomic E-state index is -1.52. The normalized spacial score (nSPS) is 15.3. The number of hydrogen-bond donors (Lipinski definition) is 0. The van der Waals surface area contributed by atoms with Gasteiger partial charge in [0.05, 0.1) is 6.10 Å². The largest absolute Gasteiger partial charge is 1.00 e. The van der Waals surface area contributed by atoms with Crippen LogP contribution in [0.5, 0.6) is 0 Å². The van der Waals surface area contributed by atoms with Crippen molar-refractivity contribution < 1.29 is 52.0 Å². The van der Waals surface area contributed by atoms with E-state index in [0.717, 1.165) is 17.4 Å². The minimum Gasteiger partial charge on any atom is -0.850 e. The summed E-state index contributed by atoms with van der Waals surface area (Å²) in [5.74, 6) is 0. The van der Waals surface area contributed by atoms with Gasteiger partial charge >= 0.3 is 37.7 Å². The number of carbonyl (C=O) groups is 1. The molecule has 0 aliphatic carbocycles. The maximum atomic E-state index is 10.7. The van der Waals surface area contributed by atoms with Crippen molar-refractivity contribution in [3.8, 4) is 0 Å².